The quantitative estimate of drug-likeness (QED) is 0.411. The molecule has 0 aliphatic heterocycles. The number of aromatic nitrogens is 2. The van der Waals surface area contributed by atoms with Crippen LogP contribution in [-0.4, -0.2) is 61.1 Å². The van der Waals surface area contributed by atoms with Crippen LogP contribution < -0.4 is 11.0 Å². The Bertz CT molecular complexity index is 746. The van der Waals surface area contributed by atoms with Gasteiger partial charge in [0.1, 0.15) is 11.5 Å². The molecule has 0 spiro atoms. The molecule has 0 aromatic carbocycles. The fraction of sp³-hybridized carbons (Fsp3) is 0.632. The fourth-order valence-corrected chi connectivity index (χ4v) is 3.50. The van der Waals surface area contributed by atoms with Crippen molar-refractivity contribution in [1.29, 1.82) is 5.41 Å². The van der Waals surface area contributed by atoms with Crippen molar-refractivity contribution in [1.82, 2.24) is 14.5 Å². The van der Waals surface area contributed by atoms with E-state index in [1.807, 2.05) is 11.9 Å². The molecule has 1 aromatic heterocycles. The number of hydrogen-bond donors (Lipinski definition) is 3. The van der Waals surface area contributed by atoms with Gasteiger partial charge in [-0.3, -0.25) is 9.36 Å². The van der Waals surface area contributed by atoms with Crippen LogP contribution in [0.3, 0.4) is 0 Å². The molecule has 0 radical (unpaired) electrons. The van der Waals surface area contributed by atoms with Crippen LogP contribution in [0.25, 0.3) is 0 Å². The number of imidazole rings is 1. The van der Waals surface area contributed by atoms with Crippen LogP contribution in [0, 0.1) is 17.2 Å². The monoisotopic (exact) mass is 393 g/mol. The first-order valence-corrected chi connectivity index (χ1v) is 9.48. The molecule has 9 nitrogen and oxygen atoms in total. The lowest BCUT2D eigenvalue weighted by Gasteiger charge is -2.28. The van der Waals surface area contributed by atoms with Crippen molar-refractivity contribution in [2.45, 2.75) is 32.2 Å². The minimum absolute atomic E-state index is 0.0480. The predicted molar refractivity (Wildman–Crippen MR) is 108 cm³/mol. The Hall–Kier alpha value is -2.55. The van der Waals surface area contributed by atoms with Gasteiger partial charge in [0.2, 0.25) is 0 Å². The Morgan fingerprint density at radius 1 is 1.39 bits per heavy atom. The molecule has 1 aliphatic carbocycles. The summed E-state index contributed by atoms with van der Waals surface area (Å²) in [5.74, 6) is 1.23. The van der Waals surface area contributed by atoms with Gasteiger partial charge in [0.05, 0.1) is 25.5 Å². The second kappa shape index (κ2) is 10.1. The summed E-state index contributed by atoms with van der Waals surface area (Å²) in [5, 5.41) is 10.8. The number of hydrogen-bond acceptors (Lipinski definition) is 7. The molecule has 0 unspecified atom stereocenters. The van der Waals surface area contributed by atoms with Gasteiger partial charge in [0.25, 0.3) is 0 Å². The Morgan fingerprint density at radius 2 is 2.07 bits per heavy atom. The standard InChI is InChI=1S/C19H31N5O4/c1-13(23(2)9-10-27-3)21-17-16(11-20)22-19(26)24(17)12-14-5-7-15(8-6-14)18(25)28-4/h11,14-15,20-21H,1,5-10,12H2,2-4H3,(H,22,26). The molecule has 0 bridgehead atoms. The molecular formula is C19H31N5O4. The summed E-state index contributed by atoms with van der Waals surface area (Å²) in [4.78, 5) is 28.8. The molecule has 1 heterocycles. The second-order valence-corrected chi connectivity index (χ2v) is 7.17. The summed E-state index contributed by atoms with van der Waals surface area (Å²) in [6.07, 6.45) is 4.36. The summed E-state index contributed by atoms with van der Waals surface area (Å²) in [6.45, 7) is 5.74. The highest BCUT2D eigenvalue weighted by atomic mass is 16.5. The van der Waals surface area contributed by atoms with Gasteiger partial charge in [-0.05, 0) is 31.6 Å². The van der Waals surface area contributed by atoms with Gasteiger partial charge in [-0.15, -0.1) is 0 Å². The van der Waals surface area contributed by atoms with E-state index in [4.69, 9.17) is 14.9 Å². The number of methoxy groups -OCH3 is 2. The average Bonchev–Trinajstić information content (AvgIpc) is 3.00. The first-order valence-electron chi connectivity index (χ1n) is 9.48. The maximum absolute atomic E-state index is 12.5. The van der Waals surface area contributed by atoms with Crippen molar-refractivity contribution in [2.75, 3.05) is 39.7 Å². The molecule has 156 valence electrons. The number of carbonyl (C=O) groups excluding carboxylic acids is 1. The van der Waals surface area contributed by atoms with Crippen LogP contribution >= 0.6 is 0 Å². The maximum atomic E-state index is 12.5. The predicted octanol–water partition coefficient (Wildman–Crippen LogP) is 1.61. The fourth-order valence-electron chi connectivity index (χ4n) is 3.50. The van der Waals surface area contributed by atoms with Crippen molar-refractivity contribution in [3.8, 4) is 0 Å². The number of nitrogens with zero attached hydrogens (tertiary/aromatic N) is 2. The normalized spacial score (nSPS) is 19.1. The van der Waals surface area contributed by atoms with Crippen LogP contribution in [0.4, 0.5) is 5.82 Å². The molecule has 0 saturated heterocycles. The smallest absolute Gasteiger partial charge is 0.327 e. The number of likely N-dealkylation sites (N-methyl/N-ethyl adjacent to an activating group) is 1. The number of anilines is 1. The van der Waals surface area contributed by atoms with Gasteiger partial charge in [-0.2, -0.15) is 0 Å². The number of H-pyrrole nitrogens is 1. The third-order valence-corrected chi connectivity index (χ3v) is 5.33. The van der Waals surface area contributed by atoms with Gasteiger partial charge in [0.15, 0.2) is 0 Å². The summed E-state index contributed by atoms with van der Waals surface area (Å²) in [5.41, 5.74) is 0.151. The Balaban J connectivity index is 2.09. The van der Waals surface area contributed by atoms with E-state index in [0.29, 0.717) is 37.0 Å². The lowest BCUT2D eigenvalue weighted by atomic mass is 9.82. The van der Waals surface area contributed by atoms with Crippen LogP contribution in [0.15, 0.2) is 17.2 Å². The zero-order chi connectivity index (χ0) is 20.7. The zero-order valence-corrected chi connectivity index (χ0v) is 16.9. The van der Waals surface area contributed by atoms with E-state index in [9.17, 15) is 9.59 Å². The van der Waals surface area contributed by atoms with E-state index in [2.05, 4.69) is 16.9 Å². The van der Waals surface area contributed by atoms with Crippen LogP contribution in [0.1, 0.15) is 31.4 Å². The number of nitrogens with one attached hydrogen (secondary N) is 3. The van der Waals surface area contributed by atoms with Gasteiger partial charge in [-0.25, -0.2) is 4.79 Å². The number of rotatable bonds is 10. The minimum atomic E-state index is -0.261. The van der Waals surface area contributed by atoms with Gasteiger partial charge < -0.3 is 30.1 Å². The van der Waals surface area contributed by atoms with E-state index < -0.39 is 0 Å². The van der Waals surface area contributed by atoms with Gasteiger partial charge >= 0.3 is 11.7 Å². The molecule has 1 aliphatic rings. The molecule has 1 fully saturated rings. The zero-order valence-electron chi connectivity index (χ0n) is 16.9. The van der Waals surface area contributed by atoms with Gasteiger partial charge in [0, 0.05) is 33.5 Å². The van der Waals surface area contributed by atoms with Crippen molar-refractivity contribution >= 4 is 18.0 Å². The third kappa shape index (κ3) is 5.25. The molecule has 2 rings (SSSR count). The second-order valence-electron chi connectivity index (χ2n) is 7.17. The van der Waals surface area contributed by atoms with Crippen molar-refractivity contribution in [2.24, 2.45) is 11.8 Å². The summed E-state index contributed by atoms with van der Waals surface area (Å²) < 4.78 is 11.5. The molecule has 28 heavy (non-hydrogen) atoms. The number of aromatic amines is 1. The van der Waals surface area contributed by atoms with E-state index in [-0.39, 0.29) is 23.5 Å². The SMILES string of the molecule is C=C(Nc1c(C=N)[nH]c(=O)n1CC1CCC(C(=O)OC)CC1)N(C)CCOC. The molecule has 0 atom stereocenters. The molecule has 3 N–H and O–H groups in total. The highest BCUT2D eigenvalue weighted by Gasteiger charge is 2.28. The third-order valence-electron chi connectivity index (χ3n) is 5.33. The largest absolute Gasteiger partial charge is 0.469 e. The van der Waals surface area contributed by atoms with Crippen LogP contribution in [-0.2, 0) is 20.8 Å². The first-order chi connectivity index (χ1) is 13.4. The van der Waals surface area contributed by atoms with Crippen molar-refractivity contribution in [3.05, 3.63) is 28.6 Å². The van der Waals surface area contributed by atoms with E-state index in [0.717, 1.165) is 31.9 Å². The number of ether oxygens (including phenoxy) is 2. The first kappa shape index (κ1) is 21.7. The average molecular weight is 393 g/mol. The highest BCUT2D eigenvalue weighted by molar-refractivity contribution is 5.82. The van der Waals surface area contributed by atoms with E-state index in [1.54, 1.807) is 11.7 Å². The minimum Gasteiger partial charge on any atom is -0.469 e. The van der Waals surface area contributed by atoms with Crippen molar-refractivity contribution in [3.63, 3.8) is 0 Å². The summed E-state index contributed by atoms with van der Waals surface area (Å²) >= 11 is 0. The summed E-state index contributed by atoms with van der Waals surface area (Å²) in [6, 6.07) is 0. The van der Waals surface area contributed by atoms with Crippen LogP contribution in [0.2, 0.25) is 0 Å². The molecule has 1 saturated carbocycles. The molecular weight excluding hydrogens is 362 g/mol. The van der Waals surface area contributed by atoms with Crippen molar-refractivity contribution < 1.29 is 14.3 Å². The number of esters is 1. The van der Waals surface area contributed by atoms with Crippen LogP contribution in [0.5, 0.6) is 0 Å². The lowest BCUT2D eigenvalue weighted by molar-refractivity contribution is -0.146. The topological polar surface area (TPSA) is 112 Å². The number of carbonyl (C=O) groups is 1. The van der Waals surface area contributed by atoms with E-state index in [1.165, 1.54) is 7.11 Å². The van der Waals surface area contributed by atoms with E-state index >= 15 is 0 Å². The maximum Gasteiger partial charge on any atom is 0.327 e. The lowest BCUT2D eigenvalue weighted by Crippen LogP contribution is -2.30. The Kier molecular flexibility index (Phi) is 7.86. The Labute approximate surface area is 165 Å². The molecule has 1 aromatic rings. The molecule has 0 amide bonds. The Morgan fingerprint density at radius 3 is 2.64 bits per heavy atom. The summed E-state index contributed by atoms with van der Waals surface area (Å²) in [7, 11) is 4.93. The highest BCUT2D eigenvalue weighted by Crippen LogP contribution is 2.31. The molecule has 9 heteroatoms. The van der Waals surface area contributed by atoms with Gasteiger partial charge in [-0.1, -0.05) is 6.58 Å².